The van der Waals surface area contributed by atoms with Gasteiger partial charge in [0, 0.05) is 18.8 Å². The van der Waals surface area contributed by atoms with E-state index in [1.807, 2.05) is 12.2 Å². The maximum absolute atomic E-state index is 13.9. The maximum atomic E-state index is 13.9. The Morgan fingerprint density at radius 2 is 1.89 bits per heavy atom. The molecule has 0 amide bonds. The number of nitrogens with zero attached hydrogens (tertiary/aromatic N) is 1. The van der Waals surface area contributed by atoms with Crippen molar-refractivity contribution in [3.8, 4) is 11.8 Å². The third-order valence-corrected chi connectivity index (χ3v) is 4.51. The first-order chi connectivity index (χ1) is 13.7. The molecule has 0 aliphatic rings. The summed E-state index contributed by atoms with van der Waals surface area (Å²) in [4.78, 5) is 3.95. The molecule has 28 heavy (non-hydrogen) atoms. The zero-order valence-corrected chi connectivity index (χ0v) is 16.8. The van der Waals surface area contributed by atoms with Gasteiger partial charge in [0.1, 0.15) is 5.82 Å². The van der Waals surface area contributed by atoms with E-state index in [-0.39, 0.29) is 5.82 Å². The molecule has 0 aliphatic heterocycles. The lowest BCUT2D eigenvalue weighted by Gasteiger charge is -2.09. The summed E-state index contributed by atoms with van der Waals surface area (Å²) in [6, 6.07) is 12.9. The van der Waals surface area contributed by atoms with E-state index in [9.17, 15) is 4.39 Å². The SMILES string of the molecule is C=C(CCCCC)c1ccc(C/C=C\C=N/C)c(C#Cc2ccccc2F)c1. The van der Waals surface area contributed by atoms with Crippen molar-refractivity contribution >= 4 is 11.8 Å². The number of aliphatic imine (C=N–C) groups is 1. The Labute approximate surface area is 168 Å². The molecule has 0 saturated heterocycles. The Morgan fingerprint density at radius 1 is 1.11 bits per heavy atom. The molecule has 0 saturated carbocycles. The van der Waals surface area contributed by atoms with Crippen LogP contribution in [0.25, 0.3) is 5.57 Å². The molecule has 0 fully saturated rings. The van der Waals surface area contributed by atoms with Gasteiger partial charge in [-0.2, -0.15) is 0 Å². The highest BCUT2D eigenvalue weighted by atomic mass is 19.1. The van der Waals surface area contributed by atoms with Crippen molar-refractivity contribution in [1.29, 1.82) is 0 Å². The van der Waals surface area contributed by atoms with Crippen molar-refractivity contribution in [2.75, 3.05) is 7.05 Å². The quantitative estimate of drug-likeness (QED) is 0.280. The van der Waals surface area contributed by atoms with Crippen LogP contribution in [0.2, 0.25) is 0 Å². The maximum Gasteiger partial charge on any atom is 0.138 e. The van der Waals surface area contributed by atoms with Gasteiger partial charge < -0.3 is 0 Å². The van der Waals surface area contributed by atoms with Crippen molar-refractivity contribution in [2.24, 2.45) is 4.99 Å². The van der Waals surface area contributed by atoms with Crippen molar-refractivity contribution < 1.29 is 4.39 Å². The van der Waals surface area contributed by atoms with E-state index in [2.05, 4.69) is 48.5 Å². The van der Waals surface area contributed by atoms with Gasteiger partial charge in [0.05, 0.1) is 5.56 Å². The minimum atomic E-state index is -0.296. The van der Waals surface area contributed by atoms with E-state index in [1.165, 1.54) is 18.9 Å². The predicted octanol–water partition coefficient (Wildman–Crippen LogP) is 6.62. The summed E-state index contributed by atoms with van der Waals surface area (Å²) in [5.74, 6) is 5.86. The first-order valence-electron chi connectivity index (χ1n) is 9.80. The van der Waals surface area contributed by atoms with E-state index in [4.69, 9.17) is 0 Å². The molecule has 0 unspecified atom stereocenters. The Balaban J connectivity index is 2.32. The Kier molecular flexibility index (Phi) is 8.95. The molecule has 0 bridgehead atoms. The molecule has 0 aromatic heterocycles. The molecule has 144 valence electrons. The lowest BCUT2D eigenvalue weighted by Crippen LogP contribution is -1.93. The number of hydrogen-bond donors (Lipinski definition) is 0. The molecular formula is C26H28FN. The first-order valence-corrected chi connectivity index (χ1v) is 9.80. The van der Waals surface area contributed by atoms with E-state index >= 15 is 0 Å². The summed E-state index contributed by atoms with van der Waals surface area (Å²) in [6.07, 6.45) is 11.0. The van der Waals surface area contributed by atoms with Gasteiger partial charge in [-0.25, -0.2) is 4.39 Å². The van der Waals surface area contributed by atoms with Crippen molar-refractivity contribution in [1.82, 2.24) is 0 Å². The van der Waals surface area contributed by atoms with Crippen LogP contribution in [0.3, 0.4) is 0 Å². The van der Waals surface area contributed by atoms with Crippen LogP contribution in [-0.4, -0.2) is 13.3 Å². The highest BCUT2D eigenvalue weighted by molar-refractivity contribution is 5.71. The van der Waals surface area contributed by atoms with Gasteiger partial charge in [0.25, 0.3) is 0 Å². The summed E-state index contributed by atoms with van der Waals surface area (Å²) in [5.41, 5.74) is 4.67. The van der Waals surface area contributed by atoms with Crippen molar-refractivity contribution in [3.63, 3.8) is 0 Å². The van der Waals surface area contributed by atoms with Gasteiger partial charge in [-0.3, -0.25) is 4.99 Å². The summed E-state index contributed by atoms with van der Waals surface area (Å²) in [7, 11) is 1.74. The highest BCUT2D eigenvalue weighted by Crippen LogP contribution is 2.23. The van der Waals surface area contributed by atoms with Crippen LogP contribution in [-0.2, 0) is 6.42 Å². The van der Waals surface area contributed by atoms with Gasteiger partial charge in [0.2, 0.25) is 0 Å². The largest absolute Gasteiger partial charge is 0.297 e. The van der Waals surface area contributed by atoms with Gasteiger partial charge >= 0.3 is 0 Å². The van der Waals surface area contributed by atoms with Crippen LogP contribution in [0.1, 0.15) is 54.9 Å². The molecule has 0 N–H and O–H groups in total. The minimum absolute atomic E-state index is 0.296. The molecule has 0 radical (unpaired) electrons. The number of benzene rings is 2. The average Bonchev–Trinajstić information content (AvgIpc) is 2.71. The molecule has 2 rings (SSSR count). The summed E-state index contributed by atoms with van der Waals surface area (Å²) >= 11 is 0. The van der Waals surface area contributed by atoms with Crippen LogP contribution in [0.15, 0.2) is 66.2 Å². The third-order valence-electron chi connectivity index (χ3n) is 4.51. The molecule has 0 heterocycles. The Morgan fingerprint density at radius 3 is 2.64 bits per heavy atom. The zero-order valence-electron chi connectivity index (χ0n) is 16.8. The number of halogens is 1. The van der Waals surface area contributed by atoms with E-state index in [0.717, 1.165) is 41.5 Å². The molecule has 1 nitrogen and oxygen atoms in total. The van der Waals surface area contributed by atoms with E-state index in [0.29, 0.717) is 5.56 Å². The molecule has 0 spiro atoms. The Hall–Kier alpha value is -2.92. The summed E-state index contributed by atoms with van der Waals surface area (Å²) in [5, 5.41) is 0. The van der Waals surface area contributed by atoms with Crippen molar-refractivity contribution in [2.45, 2.75) is 39.0 Å². The van der Waals surface area contributed by atoms with Crippen LogP contribution in [0, 0.1) is 17.7 Å². The predicted molar refractivity (Wildman–Crippen MR) is 119 cm³/mol. The van der Waals surface area contributed by atoms with Gasteiger partial charge in [0.15, 0.2) is 0 Å². The molecule has 2 heteroatoms. The Bertz CT molecular complexity index is 910. The van der Waals surface area contributed by atoms with Gasteiger partial charge in [-0.1, -0.05) is 68.5 Å². The van der Waals surface area contributed by atoms with Crippen LogP contribution in [0.4, 0.5) is 4.39 Å². The highest BCUT2D eigenvalue weighted by Gasteiger charge is 2.05. The van der Waals surface area contributed by atoms with Crippen LogP contribution >= 0.6 is 0 Å². The lowest BCUT2D eigenvalue weighted by molar-refractivity contribution is 0.624. The molecule has 2 aromatic rings. The molecular weight excluding hydrogens is 345 g/mol. The lowest BCUT2D eigenvalue weighted by atomic mass is 9.95. The van der Waals surface area contributed by atoms with Crippen LogP contribution < -0.4 is 0 Å². The third kappa shape index (κ3) is 6.67. The van der Waals surface area contributed by atoms with Gasteiger partial charge in [-0.05, 0) is 60.2 Å². The molecule has 2 aromatic carbocycles. The standard InChI is InChI=1S/C26H28FN/c1-4-5-6-11-21(2)24-17-15-22(12-9-10-19-28-3)25(20-24)18-16-23-13-7-8-14-26(23)27/h7-10,13-15,17,19-20H,2,4-6,11-12H2,1,3H3/b10-9-,28-19-. The molecule has 0 atom stereocenters. The smallest absolute Gasteiger partial charge is 0.138 e. The van der Waals surface area contributed by atoms with E-state index < -0.39 is 0 Å². The topological polar surface area (TPSA) is 12.4 Å². The van der Waals surface area contributed by atoms with Crippen LogP contribution in [0.5, 0.6) is 0 Å². The van der Waals surface area contributed by atoms with E-state index in [1.54, 1.807) is 31.5 Å². The average molecular weight is 374 g/mol. The normalized spacial score (nSPS) is 11.0. The minimum Gasteiger partial charge on any atom is -0.297 e. The first kappa shape index (κ1) is 21.4. The van der Waals surface area contributed by atoms with Crippen molar-refractivity contribution in [3.05, 3.63) is 89.3 Å². The molecule has 0 aliphatic carbocycles. The number of rotatable bonds is 8. The second kappa shape index (κ2) is 11.7. The fraction of sp³-hybridized carbons (Fsp3) is 0.269. The second-order valence-corrected chi connectivity index (χ2v) is 6.70. The number of hydrogen-bond acceptors (Lipinski definition) is 1. The second-order valence-electron chi connectivity index (χ2n) is 6.70. The fourth-order valence-electron chi connectivity index (χ4n) is 2.86. The summed E-state index contributed by atoms with van der Waals surface area (Å²) < 4.78 is 13.9. The van der Waals surface area contributed by atoms with Gasteiger partial charge in [-0.15, -0.1) is 0 Å². The fourth-order valence-corrected chi connectivity index (χ4v) is 2.86. The number of unbranched alkanes of at least 4 members (excludes halogenated alkanes) is 2. The zero-order chi connectivity index (χ0) is 20.2. The monoisotopic (exact) mass is 373 g/mol. The summed E-state index contributed by atoms with van der Waals surface area (Å²) in [6.45, 7) is 6.45. The number of allylic oxidation sites excluding steroid dienone is 3.